The van der Waals surface area contributed by atoms with Crippen LogP contribution in [-0.4, -0.2) is 22.5 Å². The number of esters is 1. The number of thiophene rings is 1. The second kappa shape index (κ2) is 7.98. The van der Waals surface area contributed by atoms with E-state index in [2.05, 4.69) is 16.9 Å². The lowest BCUT2D eigenvalue weighted by atomic mass is 9.89. The van der Waals surface area contributed by atoms with Crippen molar-refractivity contribution in [2.24, 2.45) is 5.92 Å². The summed E-state index contributed by atoms with van der Waals surface area (Å²) < 4.78 is 5.04. The minimum absolute atomic E-state index is 0.270. The molecule has 0 saturated heterocycles. The van der Waals surface area contributed by atoms with E-state index in [0.717, 1.165) is 39.9 Å². The van der Waals surface area contributed by atoms with Gasteiger partial charge in [0.1, 0.15) is 16.2 Å². The summed E-state index contributed by atoms with van der Waals surface area (Å²) in [5.41, 5.74) is 3.22. The normalized spacial score (nSPS) is 16.3. The number of rotatable bonds is 5. The van der Waals surface area contributed by atoms with Gasteiger partial charge in [-0.05, 0) is 55.4 Å². The maximum atomic E-state index is 11.8. The number of hydrogen-bond donors (Lipinski definition) is 0. The van der Waals surface area contributed by atoms with Gasteiger partial charge in [-0.1, -0.05) is 19.1 Å². The first-order chi connectivity index (χ1) is 13.2. The van der Waals surface area contributed by atoms with Crippen molar-refractivity contribution in [3.8, 4) is 0 Å². The summed E-state index contributed by atoms with van der Waals surface area (Å²) in [7, 11) is 0. The maximum Gasteiger partial charge on any atom is 0.338 e. The fourth-order valence-corrected chi connectivity index (χ4v) is 5.86. The Morgan fingerprint density at radius 2 is 2.11 bits per heavy atom. The monoisotopic (exact) mass is 398 g/mol. The molecule has 4 rings (SSSR count). The van der Waals surface area contributed by atoms with E-state index < -0.39 is 0 Å². The van der Waals surface area contributed by atoms with E-state index in [1.807, 2.05) is 42.5 Å². The zero-order valence-corrected chi connectivity index (χ0v) is 17.2. The van der Waals surface area contributed by atoms with Crippen molar-refractivity contribution in [2.75, 3.05) is 6.61 Å². The first kappa shape index (κ1) is 18.4. The van der Waals surface area contributed by atoms with E-state index in [9.17, 15) is 4.79 Å². The number of thioether (sulfide) groups is 1. The smallest absolute Gasteiger partial charge is 0.338 e. The van der Waals surface area contributed by atoms with Gasteiger partial charge in [0, 0.05) is 16.0 Å². The Morgan fingerprint density at radius 3 is 2.89 bits per heavy atom. The molecule has 0 saturated carbocycles. The third-order valence-corrected chi connectivity index (χ3v) is 7.12. The van der Waals surface area contributed by atoms with E-state index in [1.54, 1.807) is 18.1 Å². The molecule has 2 aromatic heterocycles. The molecule has 0 bridgehead atoms. The van der Waals surface area contributed by atoms with Gasteiger partial charge in [-0.2, -0.15) is 0 Å². The molecule has 0 N–H and O–H groups in total. The number of fused-ring (bicyclic) bond motifs is 3. The predicted molar refractivity (Wildman–Crippen MR) is 111 cm³/mol. The fourth-order valence-electron chi connectivity index (χ4n) is 3.46. The first-order valence-electron chi connectivity index (χ1n) is 9.29. The zero-order chi connectivity index (χ0) is 18.8. The molecule has 6 heteroatoms. The van der Waals surface area contributed by atoms with Crippen molar-refractivity contribution < 1.29 is 9.53 Å². The highest BCUT2D eigenvalue weighted by Crippen LogP contribution is 2.41. The number of benzene rings is 1. The molecule has 27 heavy (non-hydrogen) atoms. The highest BCUT2D eigenvalue weighted by atomic mass is 32.2. The van der Waals surface area contributed by atoms with Gasteiger partial charge in [0.2, 0.25) is 0 Å². The van der Waals surface area contributed by atoms with Crippen LogP contribution < -0.4 is 0 Å². The number of aryl methyl sites for hydroxylation is 1. The van der Waals surface area contributed by atoms with Gasteiger partial charge in [-0.25, -0.2) is 14.8 Å². The number of hydrogen-bond acceptors (Lipinski definition) is 6. The van der Waals surface area contributed by atoms with E-state index in [4.69, 9.17) is 4.74 Å². The Hall–Kier alpha value is -1.92. The van der Waals surface area contributed by atoms with E-state index in [1.165, 1.54) is 22.2 Å². The Morgan fingerprint density at radius 1 is 1.30 bits per heavy atom. The molecule has 1 aliphatic carbocycles. The van der Waals surface area contributed by atoms with Crippen molar-refractivity contribution in [1.29, 1.82) is 0 Å². The van der Waals surface area contributed by atoms with E-state index in [-0.39, 0.29) is 5.97 Å². The molecule has 4 nitrogen and oxygen atoms in total. The molecule has 1 atom stereocenters. The van der Waals surface area contributed by atoms with Crippen molar-refractivity contribution in [3.05, 3.63) is 52.2 Å². The summed E-state index contributed by atoms with van der Waals surface area (Å²) in [5.74, 6) is 1.30. The standard InChI is InChI=1S/C21H22N2O2S2/c1-3-25-21(24)15-7-5-14(6-8-15)11-26-19-18-16-9-4-13(2)10-17(16)27-20(18)23-12-22-19/h5-8,12-13H,3-4,9-11H2,1-2H3/t13-/m1/s1. The van der Waals surface area contributed by atoms with E-state index in [0.29, 0.717) is 12.2 Å². The van der Waals surface area contributed by atoms with Crippen molar-refractivity contribution in [2.45, 2.75) is 43.9 Å². The third kappa shape index (κ3) is 3.87. The Bertz CT molecular complexity index is 966. The van der Waals surface area contributed by atoms with Crippen LogP contribution in [0.2, 0.25) is 0 Å². The molecule has 2 heterocycles. The second-order valence-corrected chi connectivity index (χ2v) is 8.96. The topological polar surface area (TPSA) is 52.1 Å². The average molecular weight is 399 g/mol. The lowest BCUT2D eigenvalue weighted by Crippen LogP contribution is -2.08. The number of carbonyl (C=O) groups is 1. The van der Waals surface area contributed by atoms with Crippen LogP contribution in [0.15, 0.2) is 35.6 Å². The zero-order valence-electron chi connectivity index (χ0n) is 15.5. The van der Waals surface area contributed by atoms with Crippen LogP contribution in [0.4, 0.5) is 0 Å². The summed E-state index contributed by atoms with van der Waals surface area (Å²) in [5, 5.41) is 2.33. The molecule has 0 fully saturated rings. The van der Waals surface area contributed by atoms with Crippen LogP contribution in [0, 0.1) is 5.92 Å². The molecule has 3 aromatic rings. The maximum absolute atomic E-state index is 11.8. The van der Waals surface area contributed by atoms with Gasteiger partial charge in [-0.15, -0.1) is 23.1 Å². The summed E-state index contributed by atoms with van der Waals surface area (Å²) in [6, 6.07) is 7.64. The van der Waals surface area contributed by atoms with Crippen LogP contribution >= 0.6 is 23.1 Å². The van der Waals surface area contributed by atoms with Gasteiger partial charge in [0.15, 0.2) is 0 Å². The minimum Gasteiger partial charge on any atom is -0.462 e. The number of ether oxygens (including phenoxy) is 1. The van der Waals surface area contributed by atoms with Gasteiger partial charge >= 0.3 is 5.97 Å². The van der Waals surface area contributed by atoms with Crippen LogP contribution in [0.25, 0.3) is 10.2 Å². The molecule has 0 amide bonds. The number of carbonyl (C=O) groups excluding carboxylic acids is 1. The Balaban J connectivity index is 1.53. The first-order valence-corrected chi connectivity index (χ1v) is 11.1. The lowest BCUT2D eigenvalue weighted by molar-refractivity contribution is 0.0526. The van der Waals surface area contributed by atoms with E-state index >= 15 is 0 Å². The summed E-state index contributed by atoms with van der Waals surface area (Å²) in [6.07, 6.45) is 5.22. The molecule has 140 valence electrons. The highest BCUT2D eigenvalue weighted by Gasteiger charge is 2.23. The van der Waals surface area contributed by atoms with Gasteiger partial charge in [0.25, 0.3) is 0 Å². The predicted octanol–water partition coefficient (Wildman–Crippen LogP) is 5.29. The van der Waals surface area contributed by atoms with Crippen molar-refractivity contribution >= 4 is 39.3 Å². The van der Waals surface area contributed by atoms with Gasteiger partial charge in [0.05, 0.1) is 12.2 Å². The molecule has 0 aliphatic heterocycles. The van der Waals surface area contributed by atoms with Gasteiger partial charge in [-0.3, -0.25) is 0 Å². The molecule has 1 aliphatic rings. The van der Waals surface area contributed by atoms with Crippen molar-refractivity contribution in [1.82, 2.24) is 9.97 Å². The van der Waals surface area contributed by atoms with Gasteiger partial charge < -0.3 is 4.74 Å². The summed E-state index contributed by atoms with van der Waals surface area (Å²) >= 11 is 3.58. The second-order valence-electron chi connectivity index (χ2n) is 6.92. The fraction of sp³-hybridized carbons (Fsp3) is 0.381. The molecule has 1 aromatic carbocycles. The molecule has 0 spiro atoms. The van der Waals surface area contributed by atoms with Crippen LogP contribution in [0.1, 0.15) is 46.6 Å². The number of nitrogens with zero attached hydrogens (tertiary/aromatic N) is 2. The SMILES string of the molecule is CCOC(=O)c1ccc(CSc2ncnc3sc4c(c23)CC[C@@H](C)C4)cc1. The number of aromatic nitrogens is 2. The van der Waals surface area contributed by atoms with Crippen LogP contribution in [-0.2, 0) is 23.3 Å². The van der Waals surface area contributed by atoms with Crippen molar-refractivity contribution in [3.63, 3.8) is 0 Å². The highest BCUT2D eigenvalue weighted by molar-refractivity contribution is 7.98. The quantitative estimate of drug-likeness (QED) is 0.332. The van der Waals surface area contributed by atoms with Crippen LogP contribution in [0.3, 0.4) is 0 Å². The third-order valence-electron chi connectivity index (χ3n) is 4.90. The lowest BCUT2D eigenvalue weighted by Gasteiger charge is -2.18. The molecular weight excluding hydrogens is 376 g/mol. The Kier molecular flexibility index (Phi) is 5.45. The summed E-state index contributed by atoms with van der Waals surface area (Å²) in [4.78, 5) is 23.5. The average Bonchev–Trinajstić information content (AvgIpc) is 3.05. The Labute approximate surface area is 167 Å². The molecule has 0 unspecified atom stereocenters. The molecular formula is C21H22N2O2S2. The summed E-state index contributed by atoms with van der Waals surface area (Å²) in [6.45, 7) is 4.54. The van der Waals surface area contributed by atoms with Crippen LogP contribution in [0.5, 0.6) is 0 Å². The molecule has 0 radical (unpaired) electrons. The minimum atomic E-state index is -0.270. The largest absolute Gasteiger partial charge is 0.462 e.